The average Bonchev–Trinajstić information content (AvgIpc) is 2.32. The summed E-state index contributed by atoms with van der Waals surface area (Å²) >= 11 is 0. The minimum absolute atomic E-state index is 0.577. The largest absolute Gasteiger partial charge is 0.0587 e. The van der Waals surface area contributed by atoms with Crippen molar-refractivity contribution in [2.45, 2.75) is 53.4 Å². The second kappa shape index (κ2) is 4.76. The summed E-state index contributed by atoms with van der Waals surface area (Å²) in [6.45, 7) is 13.6. The van der Waals surface area contributed by atoms with Crippen LogP contribution in [0.15, 0.2) is 24.3 Å². The standard InChI is InChI=1S/C18H24/c1-11(2)15-9-10-16-14(6)13(5)7-8-17(16)18(15)12(3)4/h7-12H,1-6H3. The van der Waals surface area contributed by atoms with Crippen LogP contribution in [-0.4, -0.2) is 0 Å². The molecule has 0 spiro atoms. The fourth-order valence-corrected chi connectivity index (χ4v) is 2.85. The first kappa shape index (κ1) is 13.1. The van der Waals surface area contributed by atoms with E-state index in [1.807, 2.05) is 0 Å². The maximum atomic E-state index is 2.33. The van der Waals surface area contributed by atoms with Crippen molar-refractivity contribution in [3.8, 4) is 0 Å². The number of hydrogen-bond donors (Lipinski definition) is 0. The Morgan fingerprint density at radius 2 is 1.33 bits per heavy atom. The van der Waals surface area contributed by atoms with Gasteiger partial charge in [0.1, 0.15) is 0 Å². The second-order valence-electron chi connectivity index (χ2n) is 5.98. The Bertz CT molecular complexity index is 574. The van der Waals surface area contributed by atoms with Gasteiger partial charge in [-0.15, -0.1) is 0 Å². The van der Waals surface area contributed by atoms with Crippen LogP contribution in [0, 0.1) is 13.8 Å². The fourth-order valence-electron chi connectivity index (χ4n) is 2.85. The van der Waals surface area contributed by atoms with Gasteiger partial charge in [0.15, 0.2) is 0 Å². The van der Waals surface area contributed by atoms with Crippen molar-refractivity contribution in [1.29, 1.82) is 0 Å². The van der Waals surface area contributed by atoms with E-state index in [1.165, 1.54) is 33.0 Å². The lowest BCUT2D eigenvalue weighted by Gasteiger charge is -2.20. The molecule has 0 aliphatic carbocycles. The van der Waals surface area contributed by atoms with Gasteiger partial charge in [0.05, 0.1) is 0 Å². The molecular formula is C18H24. The highest BCUT2D eigenvalue weighted by Gasteiger charge is 2.14. The van der Waals surface area contributed by atoms with Crippen LogP contribution in [0.5, 0.6) is 0 Å². The van der Waals surface area contributed by atoms with E-state index in [9.17, 15) is 0 Å². The van der Waals surface area contributed by atoms with Gasteiger partial charge >= 0.3 is 0 Å². The molecule has 0 N–H and O–H groups in total. The predicted octanol–water partition coefficient (Wildman–Crippen LogP) is 5.70. The summed E-state index contributed by atoms with van der Waals surface area (Å²) < 4.78 is 0. The molecule has 0 amide bonds. The van der Waals surface area contributed by atoms with Gasteiger partial charge in [-0.3, -0.25) is 0 Å². The summed E-state index contributed by atoms with van der Waals surface area (Å²) in [5.41, 5.74) is 5.84. The predicted molar refractivity (Wildman–Crippen MR) is 81.6 cm³/mol. The van der Waals surface area contributed by atoms with Gasteiger partial charge < -0.3 is 0 Å². The van der Waals surface area contributed by atoms with Crippen molar-refractivity contribution in [3.05, 3.63) is 46.5 Å². The summed E-state index contributed by atoms with van der Waals surface area (Å²) in [7, 11) is 0. The molecule has 96 valence electrons. The summed E-state index contributed by atoms with van der Waals surface area (Å²) in [5, 5.41) is 2.86. The molecule has 0 bridgehead atoms. The number of aryl methyl sites for hydroxylation is 2. The Labute approximate surface area is 111 Å². The van der Waals surface area contributed by atoms with E-state index >= 15 is 0 Å². The summed E-state index contributed by atoms with van der Waals surface area (Å²) in [4.78, 5) is 0. The molecule has 0 atom stereocenters. The molecule has 2 aromatic carbocycles. The molecule has 2 aromatic rings. The van der Waals surface area contributed by atoms with Crippen molar-refractivity contribution < 1.29 is 0 Å². The Morgan fingerprint density at radius 3 is 1.89 bits per heavy atom. The Balaban J connectivity index is 2.87. The molecule has 0 saturated heterocycles. The highest BCUT2D eigenvalue weighted by molar-refractivity contribution is 5.90. The van der Waals surface area contributed by atoms with Gasteiger partial charge in [-0.05, 0) is 58.7 Å². The molecule has 2 rings (SSSR count). The smallest absolute Gasteiger partial charge is 0.0144 e. The third-order valence-corrected chi connectivity index (χ3v) is 4.02. The fraction of sp³-hybridized carbons (Fsp3) is 0.444. The number of fused-ring (bicyclic) bond motifs is 1. The van der Waals surface area contributed by atoms with Crippen molar-refractivity contribution >= 4 is 10.8 Å². The first-order chi connectivity index (χ1) is 8.43. The van der Waals surface area contributed by atoms with Gasteiger partial charge in [0.25, 0.3) is 0 Å². The van der Waals surface area contributed by atoms with Gasteiger partial charge in [-0.2, -0.15) is 0 Å². The normalized spacial score (nSPS) is 11.8. The molecule has 0 heteroatoms. The van der Waals surface area contributed by atoms with Crippen molar-refractivity contribution in [2.24, 2.45) is 0 Å². The molecule has 0 nitrogen and oxygen atoms in total. The van der Waals surface area contributed by atoms with Crippen LogP contribution in [-0.2, 0) is 0 Å². The van der Waals surface area contributed by atoms with Crippen LogP contribution in [0.4, 0.5) is 0 Å². The third kappa shape index (κ3) is 2.05. The molecule has 0 radical (unpaired) electrons. The Morgan fingerprint density at radius 1 is 0.722 bits per heavy atom. The lowest BCUT2D eigenvalue weighted by Crippen LogP contribution is -2.00. The first-order valence-corrected chi connectivity index (χ1v) is 6.96. The SMILES string of the molecule is Cc1ccc2c(C(C)C)c(C(C)C)ccc2c1C. The van der Waals surface area contributed by atoms with Crippen molar-refractivity contribution in [3.63, 3.8) is 0 Å². The topological polar surface area (TPSA) is 0 Å². The second-order valence-corrected chi connectivity index (χ2v) is 5.98. The molecule has 0 fully saturated rings. The average molecular weight is 240 g/mol. The summed E-state index contributed by atoms with van der Waals surface area (Å²) in [6.07, 6.45) is 0. The van der Waals surface area contributed by atoms with Gasteiger partial charge in [0.2, 0.25) is 0 Å². The van der Waals surface area contributed by atoms with Crippen LogP contribution in [0.1, 0.15) is 61.8 Å². The zero-order valence-electron chi connectivity index (χ0n) is 12.5. The van der Waals surface area contributed by atoms with Gasteiger partial charge in [0, 0.05) is 0 Å². The molecular weight excluding hydrogens is 216 g/mol. The maximum Gasteiger partial charge on any atom is -0.0144 e. The lowest BCUT2D eigenvalue weighted by atomic mass is 9.85. The molecule has 0 saturated carbocycles. The first-order valence-electron chi connectivity index (χ1n) is 6.96. The molecule has 0 aromatic heterocycles. The maximum absolute atomic E-state index is 2.33. The monoisotopic (exact) mass is 240 g/mol. The van der Waals surface area contributed by atoms with E-state index < -0.39 is 0 Å². The summed E-state index contributed by atoms with van der Waals surface area (Å²) in [6, 6.07) is 9.19. The van der Waals surface area contributed by atoms with Crippen molar-refractivity contribution in [1.82, 2.24) is 0 Å². The summed E-state index contributed by atoms with van der Waals surface area (Å²) in [5.74, 6) is 1.17. The third-order valence-electron chi connectivity index (χ3n) is 4.02. The lowest BCUT2D eigenvalue weighted by molar-refractivity contribution is 0.798. The van der Waals surface area contributed by atoms with Crippen LogP contribution in [0.3, 0.4) is 0 Å². The van der Waals surface area contributed by atoms with E-state index in [-0.39, 0.29) is 0 Å². The van der Waals surface area contributed by atoms with E-state index in [2.05, 4.69) is 65.8 Å². The number of hydrogen-bond acceptors (Lipinski definition) is 0. The molecule has 18 heavy (non-hydrogen) atoms. The van der Waals surface area contributed by atoms with Crippen molar-refractivity contribution in [2.75, 3.05) is 0 Å². The van der Waals surface area contributed by atoms with Crippen LogP contribution in [0.2, 0.25) is 0 Å². The van der Waals surface area contributed by atoms with Crippen LogP contribution < -0.4 is 0 Å². The number of rotatable bonds is 2. The van der Waals surface area contributed by atoms with E-state index in [4.69, 9.17) is 0 Å². The van der Waals surface area contributed by atoms with Crippen LogP contribution >= 0.6 is 0 Å². The highest BCUT2D eigenvalue weighted by atomic mass is 14.2. The quantitative estimate of drug-likeness (QED) is 0.631. The van der Waals surface area contributed by atoms with Crippen LogP contribution in [0.25, 0.3) is 10.8 Å². The zero-order valence-corrected chi connectivity index (χ0v) is 12.5. The molecule has 0 unspecified atom stereocenters. The molecule has 0 aliphatic rings. The highest BCUT2D eigenvalue weighted by Crippen LogP contribution is 2.34. The van der Waals surface area contributed by atoms with Gasteiger partial charge in [-0.25, -0.2) is 0 Å². The van der Waals surface area contributed by atoms with Gasteiger partial charge in [-0.1, -0.05) is 52.0 Å². The molecule has 0 heterocycles. The van der Waals surface area contributed by atoms with E-state index in [0.717, 1.165) is 0 Å². The van der Waals surface area contributed by atoms with E-state index in [1.54, 1.807) is 0 Å². The Hall–Kier alpha value is -1.30. The zero-order chi connectivity index (χ0) is 13.4. The number of benzene rings is 2. The molecule has 0 aliphatic heterocycles. The Kier molecular flexibility index (Phi) is 3.47. The minimum Gasteiger partial charge on any atom is -0.0587 e. The minimum atomic E-state index is 0.577. The van der Waals surface area contributed by atoms with E-state index in [0.29, 0.717) is 11.8 Å².